The van der Waals surface area contributed by atoms with Gasteiger partial charge in [0.25, 0.3) is 0 Å². The van der Waals surface area contributed by atoms with Crippen LogP contribution in [0.4, 0.5) is 0 Å². The third-order valence-corrected chi connectivity index (χ3v) is 8.52. The first-order valence-corrected chi connectivity index (χ1v) is 12.6. The van der Waals surface area contributed by atoms with E-state index in [0.717, 1.165) is 45.1 Å². The Hall–Kier alpha value is -2.97. The average molecular weight is 495 g/mol. The molecule has 0 spiro atoms. The standard InChI is InChI=1S/C27H30N2O5S/c1-27(2,3)24-9-14-8-18(23-12-28-25(35-23)15-6-16(7-15)33-4)22(34-5)10-17(14)20-11-21(30)19(26(31)32)13-29(20)24/h8,10-13,15-16,24H,6-7,9H2,1-5H3,(H,31,32). The highest BCUT2D eigenvalue weighted by atomic mass is 32.1. The first kappa shape index (κ1) is 23.8. The van der Waals surface area contributed by atoms with Crippen LogP contribution in [0.2, 0.25) is 0 Å². The minimum atomic E-state index is -1.21. The number of fused-ring (bicyclic) bond motifs is 3. The van der Waals surface area contributed by atoms with Crippen LogP contribution in [0.5, 0.6) is 5.75 Å². The van der Waals surface area contributed by atoms with E-state index in [4.69, 9.17) is 14.5 Å². The molecular weight excluding hydrogens is 464 g/mol. The summed E-state index contributed by atoms with van der Waals surface area (Å²) in [4.78, 5) is 30.1. The second-order valence-corrected chi connectivity index (χ2v) is 11.6. The number of aromatic carboxylic acids is 1. The van der Waals surface area contributed by atoms with Gasteiger partial charge in [-0.25, -0.2) is 9.78 Å². The molecular formula is C27H30N2O5S. The maximum atomic E-state index is 12.6. The number of rotatable bonds is 5. The van der Waals surface area contributed by atoms with E-state index in [9.17, 15) is 14.7 Å². The molecule has 1 aromatic carbocycles. The van der Waals surface area contributed by atoms with Crippen LogP contribution in [-0.2, 0) is 11.2 Å². The van der Waals surface area contributed by atoms with Crippen molar-refractivity contribution in [2.24, 2.45) is 5.41 Å². The molecule has 5 rings (SSSR count). The Morgan fingerprint density at radius 1 is 1.17 bits per heavy atom. The number of hydrogen-bond donors (Lipinski definition) is 1. The highest BCUT2D eigenvalue weighted by Gasteiger charge is 2.35. The van der Waals surface area contributed by atoms with Gasteiger partial charge in [0.05, 0.1) is 28.8 Å². The van der Waals surface area contributed by atoms with Gasteiger partial charge in [0, 0.05) is 48.7 Å². The largest absolute Gasteiger partial charge is 0.496 e. The first-order chi connectivity index (χ1) is 16.6. The van der Waals surface area contributed by atoms with Crippen LogP contribution < -0.4 is 10.2 Å². The first-order valence-electron chi connectivity index (χ1n) is 11.8. The van der Waals surface area contributed by atoms with Gasteiger partial charge < -0.3 is 19.1 Å². The average Bonchev–Trinajstić information content (AvgIpc) is 3.25. The van der Waals surface area contributed by atoms with Gasteiger partial charge in [0.15, 0.2) is 5.43 Å². The van der Waals surface area contributed by atoms with Crippen LogP contribution in [0.1, 0.15) is 66.5 Å². The second kappa shape index (κ2) is 8.60. The van der Waals surface area contributed by atoms with E-state index in [1.165, 1.54) is 12.3 Å². The van der Waals surface area contributed by atoms with Crippen LogP contribution in [0.15, 0.2) is 35.4 Å². The fourth-order valence-electron chi connectivity index (χ4n) is 5.17. The molecule has 0 bridgehead atoms. The minimum Gasteiger partial charge on any atom is -0.496 e. The molecule has 1 atom stereocenters. The lowest BCUT2D eigenvalue weighted by molar-refractivity contribution is 0.0257. The van der Waals surface area contributed by atoms with Crippen LogP contribution in [0.3, 0.4) is 0 Å². The molecule has 1 aliphatic heterocycles. The topological polar surface area (TPSA) is 90.7 Å². The molecule has 7 nitrogen and oxygen atoms in total. The summed E-state index contributed by atoms with van der Waals surface area (Å²) in [6.45, 7) is 6.41. The number of pyridine rings is 1. The lowest BCUT2D eigenvalue weighted by Crippen LogP contribution is -2.32. The van der Waals surface area contributed by atoms with Crippen molar-refractivity contribution in [3.05, 3.63) is 57.0 Å². The summed E-state index contributed by atoms with van der Waals surface area (Å²) in [5.74, 6) is -0.0615. The van der Waals surface area contributed by atoms with Crippen LogP contribution in [0, 0.1) is 5.41 Å². The fourth-order valence-corrected chi connectivity index (χ4v) is 6.23. The lowest BCUT2D eigenvalue weighted by Gasteiger charge is -2.39. The molecule has 2 aromatic heterocycles. The number of nitrogens with zero attached hydrogens (tertiary/aromatic N) is 2. The zero-order valence-corrected chi connectivity index (χ0v) is 21.4. The Morgan fingerprint density at radius 2 is 1.91 bits per heavy atom. The lowest BCUT2D eigenvalue weighted by atomic mass is 9.78. The number of thiazole rings is 1. The molecule has 1 fully saturated rings. The van der Waals surface area contributed by atoms with Crippen molar-refractivity contribution in [1.82, 2.24) is 9.55 Å². The van der Waals surface area contributed by atoms with Crippen LogP contribution in [-0.4, -0.2) is 41.0 Å². The maximum Gasteiger partial charge on any atom is 0.341 e. The number of hydrogen-bond acceptors (Lipinski definition) is 6. The molecule has 1 N–H and O–H groups in total. The number of aromatic nitrogens is 2. The second-order valence-electron chi connectivity index (χ2n) is 10.5. The van der Waals surface area contributed by atoms with Gasteiger partial charge in [-0.2, -0.15) is 0 Å². The zero-order valence-electron chi connectivity index (χ0n) is 20.6. The summed E-state index contributed by atoms with van der Waals surface area (Å²) in [6.07, 6.45) is 6.47. The Morgan fingerprint density at radius 3 is 2.54 bits per heavy atom. The van der Waals surface area contributed by atoms with Crippen molar-refractivity contribution in [3.8, 4) is 27.4 Å². The van der Waals surface area contributed by atoms with E-state index in [2.05, 4.69) is 26.8 Å². The number of carbonyl (C=O) groups is 1. The van der Waals surface area contributed by atoms with Crippen molar-refractivity contribution < 1.29 is 19.4 Å². The number of methoxy groups -OCH3 is 2. The van der Waals surface area contributed by atoms with Gasteiger partial charge in [0.2, 0.25) is 0 Å². The fraction of sp³-hybridized carbons (Fsp3) is 0.444. The van der Waals surface area contributed by atoms with E-state index in [-0.39, 0.29) is 17.0 Å². The Labute approximate surface area is 208 Å². The van der Waals surface area contributed by atoms with Crippen molar-refractivity contribution in [2.45, 2.75) is 58.1 Å². The summed E-state index contributed by atoms with van der Waals surface area (Å²) in [5.41, 5.74) is 2.86. The van der Waals surface area contributed by atoms with Crippen LogP contribution >= 0.6 is 11.3 Å². The third kappa shape index (κ3) is 4.08. The smallest absolute Gasteiger partial charge is 0.341 e. The van der Waals surface area contributed by atoms with Crippen LogP contribution in [0.25, 0.3) is 21.7 Å². The number of ether oxygens (including phenoxy) is 2. The normalized spacial score (nSPS) is 21.1. The van der Waals surface area contributed by atoms with Gasteiger partial charge in [-0.05, 0) is 42.4 Å². The molecule has 1 unspecified atom stereocenters. The number of benzene rings is 1. The maximum absolute atomic E-state index is 12.6. The van der Waals surface area contributed by atoms with Gasteiger partial charge >= 0.3 is 5.97 Å². The summed E-state index contributed by atoms with van der Waals surface area (Å²) >= 11 is 1.70. The Kier molecular flexibility index (Phi) is 5.84. The van der Waals surface area contributed by atoms with Gasteiger partial charge in [-0.15, -0.1) is 11.3 Å². The molecule has 3 heterocycles. The quantitative estimate of drug-likeness (QED) is 0.512. The zero-order chi connectivity index (χ0) is 25.1. The van der Waals surface area contributed by atoms with Gasteiger partial charge in [0.1, 0.15) is 11.3 Å². The summed E-state index contributed by atoms with van der Waals surface area (Å²) < 4.78 is 13.2. The molecule has 2 aliphatic rings. The number of carboxylic acid groups (broad SMARTS) is 1. The van der Waals surface area contributed by atoms with Gasteiger partial charge in [-0.1, -0.05) is 20.8 Å². The monoisotopic (exact) mass is 494 g/mol. The van der Waals surface area contributed by atoms with Crippen molar-refractivity contribution in [1.29, 1.82) is 0 Å². The number of carboxylic acids is 1. The predicted molar refractivity (Wildman–Crippen MR) is 136 cm³/mol. The molecule has 0 radical (unpaired) electrons. The molecule has 3 aromatic rings. The molecule has 35 heavy (non-hydrogen) atoms. The summed E-state index contributed by atoms with van der Waals surface area (Å²) in [7, 11) is 3.40. The van der Waals surface area contributed by atoms with E-state index < -0.39 is 11.4 Å². The molecule has 184 valence electrons. The van der Waals surface area contributed by atoms with Gasteiger partial charge in [-0.3, -0.25) is 4.79 Å². The third-order valence-electron chi connectivity index (χ3n) is 7.33. The van der Waals surface area contributed by atoms with Crippen molar-refractivity contribution in [3.63, 3.8) is 0 Å². The van der Waals surface area contributed by atoms with E-state index in [0.29, 0.717) is 24.2 Å². The minimum absolute atomic E-state index is 0.0112. The van der Waals surface area contributed by atoms with E-state index in [1.54, 1.807) is 25.6 Å². The molecule has 8 heteroatoms. The molecule has 0 saturated heterocycles. The molecule has 1 saturated carbocycles. The molecule has 1 aliphatic carbocycles. The highest BCUT2D eigenvalue weighted by molar-refractivity contribution is 7.15. The van der Waals surface area contributed by atoms with Crippen molar-refractivity contribution >= 4 is 17.3 Å². The predicted octanol–water partition coefficient (Wildman–Crippen LogP) is 5.38. The summed E-state index contributed by atoms with van der Waals surface area (Å²) in [5, 5.41) is 10.7. The molecule has 0 amide bonds. The van der Waals surface area contributed by atoms with E-state index in [1.807, 2.05) is 16.8 Å². The van der Waals surface area contributed by atoms with Crippen molar-refractivity contribution in [2.75, 3.05) is 14.2 Å². The Balaban J connectivity index is 1.62. The summed E-state index contributed by atoms with van der Waals surface area (Å²) in [6, 6.07) is 5.57. The Bertz CT molecular complexity index is 1360. The van der Waals surface area contributed by atoms with E-state index >= 15 is 0 Å². The SMILES string of the molecule is COc1cc2c(cc1-c1cnc(C3CC(OC)C3)s1)CC(C(C)(C)C)n1cc(C(=O)O)c(=O)cc1-2. The highest BCUT2D eigenvalue weighted by Crippen LogP contribution is 2.48.